The van der Waals surface area contributed by atoms with E-state index in [4.69, 9.17) is 4.98 Å². The zero-order chi connectivity index (χ0) is 27.4. The van der Waals surface area contributed by atoms with E-state index >= 15 is 0 Å². The van der Waals surface area contributed by atoms with Crippen LogP contribution in [0.25, 0.3) is 16.6 Å². The molecule has 1 N–H and O–H groups in total. The Morgan fingerprint density at radius 2 is 1.93 bits per heavy atom. The number of pyridine rings is 3. The Morgan fingerprint density at radius 1 is 1.07 bits per heavy atom. The van der Waals surface area contributed by atoms with Crippen molar-refractivity contribution in [3.8, 4) is 17.2 Å². The molecule has 8 rings (SSSR count). The summed E-state index contributed by atoms with van der Waals surface area (Å²) in [6.07, 6.45) is 10.4. The smallest absolute Gasteiger partial charge is 0.128 e. The summed E-state index contributed by atoms with van der Waals surface area (Å²) in [6.45, 7) is 8.25. The monoisotopic (exact) mass is 534 g/mol. The third kappa shape index (κ3) is 4.37. The summed E-state index contributed by atoms with van der Waals surface area (Å²) in [4.78, 5) is 16.6. The maximum atomic E-state index is 10.5. The van der Waals surface area contributed by atoms with Crippen LogP contribution in [0.2, 0.25) is 0 Å². The molecule has 0 saturated carbocycles. The number of piperazine rings is 1. The molecule has 2 bridgehead atoms. The van der Waals surface area contributed by atoms with E-state index in [0.717, 1.165) is 72.9 Å². The van der Waals surface area contributed by atoms with E-state index in [0.29, 0.717) is 24.2 Å². The van der Waals surface area contributed by atoms with Gasteiger partial charge in [-0.05, 0) is 56.0 Å². The van der Waals surface area contributed by atoms with Crippen LogP contribution < -0.4 is 9.80 Å². The predicted octanol–water partition coefficient (Wildman–Crippen LogP) is 3.65. The third-order valence-electron chi connectivity index (χ3n) is 8.88. The standard InChI is InChI=1S/C31H34N8O/c1-3-24-6-4-21(13-33-24)16-38-26-10-27(38)18-37(17-26)29-7-5-22(14-34-29)28-11-25(36-9-8-31(2,40)20-36)19-39-30(28)23(12-32)15-35-39/h4-7,11,13-15,19,26-27,40H,3,8-10,16-18,20H2,1-2H3. The molecule has 0 aliphatic carbocycles. The van der Waals surface area contributed by atoms with Crippen LogP contribution in [0.3, 0.4) is 0 Å². The molecule has 0 amide bonds. The SMILES string of the molecule is CCc1ccc(CN2C3CC2CN(c2ccc(-c4cc(N5CCC(C)(O)C5)cn5ncc(C#N)c45)cn2)C3)cn1. The Labute approximate surface area is 234 Å². The molecule has 3 unspecified atom stereocenters. The molecular weight excluding hydrogens is 500 g/mol. The minimum Gasteiger partial charge on any atom is -0.388 e. The lowest BCUT2D eigenvalue weighted by Gasteiger charge is -2.56. The van der Waals surface area contributed by atoms with Crippen LogP contribution >= 0.6 is 0 Å². The van der Waals surface area contributed by atoms with Crippen LogP contribution in [-0.4, -0.2) is 73.5 Å². The van der Waals surface area contributed by atoms with E-state index < -0.39 is 5.60 Å². The number of β-amino-alcohol motifs (C(OH)–C–C–N with tert-alkyl or cyclic N) is 1. The Kier molecular flexibility index (Phi) is 5.99. The molecule has 0 radical (unpaired) electrons. The zero-order valence-electron chi connectivity index (χ0n) is 23.0. The first kappa shape index (κ1) is 25.0. The van der Waals surface area contributed by atoms with E-state index in [1.165, 1.54) is 12.0 Å². The highest BCUT2D eigenvalue weighted by Gasteiger charge is 2.44. The summed E-state index contributed by atoms with van der Waals surface area (Å²) in [5, 5.41) is 24.7. The molecule has 9 nitrogen and oxygen atoms in total. The lowest BCUT2D eigenvalue weighted by Crippen LogP contribution is -2.68. The normalized spacial score (nSPS) is 24.4. The van der Waals surface area contributed by atoms with Crippen LogP contribution in [0.1, 0.15) is 43.5 Å². The number of anilines is 2. The van der Waals surface area contributed by atoms with Gasteiger partial charge in [-0.15, -0.1) is 0 Å². The highest BCUT2D eigenvalue weighted by atomic mass is 16.3. The van der Waals surface area contributed by atoms with Crippen LogP contribution in [0.5, 0.6) is 0 Å². The fourth-order valence-corrected chi connectivity index (χ4v) is 6.58. The van der Waals surface area contributed by atoms with Crippen molar-refractivity contribution in [3.05, 3.63) is 71.9 Å². The number of aromatic nitrogens is 4. The minimum absolute atomic E-state index is 0.532. The molecular formula is C31H34N8O. The fraction of sp³-hybridized carbons (Fsp3) is 0.419. The van der Waals surface area contributed by atoms with E-state index in [1.54, 1.807) is 10.7 Å². The first-order chi connectivity index (χ1) is 19.4. The second kappa shape index (κ2) is 9.58. The Balaban J connectivity index is 1.11. The molecule has 204 valence electrons. The molecule has 4 aromatic rings. The van der Waals surface area contributed by atoms with Crippen molar-refractivity contribution >= 4 is 17.0 Å². The van der Waals surface area contributed by atoms with Gasteiger partial charge in [0.1, 0.15) is 11.9 Å². The number of fused-ring (bicyclic) bond motifs is 3. The van der Waals surface area contributed by atoms with Crippen LogP contribution in [0, 0.1) is 11.3 Å². The molecule has 8 heterocycles. The summed E-state index contributed by atoms with van der Waals surface area (Å²) < 4.78 is 1.78. The molecule has 3 atom stereocenters. The topological polar surface area (TPSA) is 96.8 Å². The van der Waals surface area contributed by atoms with Crippen molar-refractivity contribution in [1.29, 1.82) is 5.26 Å². The third-order valence-corrected chi connectivity index (χ3v) is 8.88. The maximum absolute atomic E-state index is 10.5. The van der Waals surface area contributed by atoms with Crippen molar-refractivity contribution in [2.75, 3.05) is 36.0 Å². The van der Waals surface area contributed by atoms with Gasteiger partial charge in [0.25, 0.3) is 0 Å². The van der Waals surface area contributed by atoms with Gasteiger partial charge in [0.05, 0.1) is 34.8 Å². The summed E-state index contributed by atoms with van der Waals surface area (Å²) in [7, 11) is 0. The van der Waals surface area contributed by atoms with Gasteiger partial charge in [-0.25, -0.2) is 9.50 Å². The van der Waals surface area contributed by atoms with E-state index in [9.17, 15) is 10.4 Å². The lowest BCUT2D eigenvalue weighted by molar-refractivity contribution is -0.00875. The maximum Gasteiger partial charge on any atom is 0.128 e. The summed E-state index contributed by atoms with van der Waals surface area (Å²) in [5.74, 6) is 0.990. The summed E-state index contributed by atoms with van der Waals surface area (Å²) >= 11 is 0. The lowest BCUT2D eigenvalue weighted by atomic mass is 9.87. The average Bonchev–Trinajstić information content (AvgIpc) is 3.58. The second-order valence-corrected chi connectivity index (χ2v) is 11.8. The van der Waals surface area contributed by atoms with E-state index in [1.807, 2.05) is 25.5 Å². The van der Waals surface area contributed by atoms with Crippen molar-refractivity contribution in [2.24, 2.45) is 0 Å². The Hall–Kier alpha value is -4.00. The van der Waals surface area contributed by atoms with Gasteiger partial charge < -0.3 is 14.9 Å². The van der Waals surface area contributed by atoms with Crippen molar-refractivity contribution < 1.29 is 5.11 Å². The molecule has 0 aromatic carbocycles. The van der Waals surface area contributed by atoms with Gasteiger partial charge in [0.15, 0.2) is 0 Å². The number of rotatable bonds is 6. The van der Waals surface area contributed by atoms with E-state index in [2.05, 4.69) is 68.1 Å². The molecule has 4 aromatic heterocycles. The van der Waals surface area contributed by atoms with Gasteiger partial charge in [0, 0.05) is 74.0 Å². The number of aliphatic hydroxyl groups is 1. The first-order valence-corrected chi connectivity index (χ1v) is 14.2. The number of nitrogens with zero attached hydrogens (tertiary/aromatic N) is 8. The number of nitriles is 1. The number of aryl methyl sites for hydroxylation is 1. The Bertz CT molecular complexity index is 1570. The fourth-order valence-electron chi connectivity index (χ4n) is 6.58. The van der Waals surface area contributed by atoms with Gasteiger partial charge in [-0.2, -0.15) is 10.4 Å². The van der Waals surface area contributed by atoms with Crippen LogP contribution in [-0.2, 0) is 13.0 Å². The largest absolute Gasteiger partial charge is 0.388 e. The van der Waals surface area contributed by atoms with E-state index in [-0.39, 0.29) is 0 Å². The number of piperidine rings is 1. The highest BCUT2D eigenvalue weighted by molar-refractivity contribution is 5.86. The number of hydrogen-bond acceptors (Lipinski definition) is 8. The predicted molar refractivity (Wildman–Crippen MR) is 154 cm³/mol. The van der Waals surface area contributed by atoms with Gasteiger partial charge in [-0.1, -0.05) is 13.0 Å². The highest BCUT2D eigenvalue weighted by Crippen LogP contribution is 2.37. The molecule has 4 saturated heterocycles. The molecule has 0 spiro atoms. The van der Waals surface area contributed by atoms with Gasteiger partial charge in [-0.3, -0.25) is 9.88 Å². The molecule has 4 aliphatic rings. The minimum atomic E-state index is -0.707. The van der Waals surface area contributed by atoms with Crippen LogP contribution in [0.15, 0.2) is 55.1 Å². The summed E-state index contributed by atoms with van der Waals surface area (Å²) in [6, 6.07) is 14.0. The summed E-state index contributed by atoms with van der Waals surface area (Å²) in [5.41, 5.74) is 5.89. The molecule has 9 heteroatoms. The average molecular weight is 535 g/mol. The van der Waals surface area contributed by atoms with Crippen molar-refractivity contribution in [1.82, 2.24) is 24.5 Å². The number of hydrogen-bond donors (Lipinski definition) is 1. The second-order valence-electron chi connectivity index (χ2n) is 11.8. The molecule has 4 aliphatic heterocycles. The zero-order valence-corrected chi connectivity index (χ0v) is 23.0. The molecule has 40 heavy (non-hydrogen) atoms. The van der Waals surface area contributed by atoms with Crippen molar-refractivity contribution in [3.63, 3.8) is 0 Å². The van der Waals surface area contributed by atoms with Crippen LogP contribution in [0.4, 0.5) is 11.5 Å². The molecule has 4 fully saturated rings. The Morgan fingerprint density at radius 3 is 2.58 bits per heavy atom. The van der Waals surface area contributed by atoms with Gasteiger partial charge >= 0.3 is 0 Å². The quantitative estimate of drug-likeness (QED) is 0.401. The first-order valence-electron chi connectivity index (χ1n) is 14.2. The van der Waals surface area contributed by atoms with Crippen molar-refractivity contribution in [2.45, 2.75) is 57.3 Å². The van der Waals surface area contributed by atoms with Gasteiger partial charge in [0.2, 0.25) is 0 Å².